The summed E-state index contributed by atoms with van der Waals surface area (Å²) in [4.78, 5) is 0.358. The highest BCUT2D eigenvalue weighted by Gasteiger charge is 2.33. The zero-order valence-corrected chi connectivity index (χ0v) is 10.8. The zero-order chi connectivity index (χ0) is 12.5. The summed E-state index contributed by atoms with van der Waals surface area (Å²) >= 11 is 0. The van der Waals surface area contributed by atoms with E-state index < -0.39 is 10.0 Å². The molecule has 2 rings (SSSR count). The highest BCUT2D eigenvalue weighted by Crippen LogP contribution is 2.27. The van der Waals surface area contributed by atoms with Crippen molar-refractivity contribution in [3.8, 4) is 0 Å². The molecule has 1 heterocycles. The van der Waals surface area contributed by atoms with E-state index >= 15 is 0 Å². The van der Waals surface area contributed by atoms with Gasteiger partial charge in [-0.15, -0.1) is 0 Å². The molecule has 0 amide bonds. The van der Waals surface area contributed by atoms with Gasteiger partial charge in [-0.2, -0.15) is 4.31 Å². The predicted molar refractivity (Wildman–Crippen MR) is 66.9 cm³/mol. The molecule has 1 aromatic carbocycles. The molecule has 4 nitrogen and oxygen atoms in total. The SMILES string of the molecule is CC1CCCN1S(=O)(=O)c1ccccc1CN. The third kappa shape index (κ3) is 2.22. The van der Waals surface area contributed by atoms with E-state index in [0.717, 1.165) is 12.8 Å². The van der Waals surface area contributed by atoms with Crippen molar-refractivity contribution >= 4 is 10.0 Å². The second-order valence-electron chi connectivity index (χ2n) is 4.42. The quantitative estimate of drug-likeness (QED) is 0.884. The van der Waals surface area contributed by atoms with Crippen molar-refractivity contribution in [2.75, 3.05) is 6.54 Å². The van der Waals surface area contributed by atoms with Crippen LogP contribution in [0.4, 0.5) is 0 Å². The molecular formula is C12H18N2O2S. The average molecular weight is 254 g/mol. The fraction of sp³-hybridized carbons (Fsp3) is 0.500. The van der Waals surface area contributed by atoms with Gasteiger partial charge in [0, 0.05) is 19.1 Å². The summed E-state index contributed by atoms with van der Waals surface area (Å²) in [6.45, 7) is 2.82. The summed E-state index contributed by atoms with van der Waals surface area (Å²) in [5.74, 6) is 0. The lowest BCUT2D eigenvalue weighted by Crippen LogP contribution is -2.34. The standard InChI is InChI=1S/C12H18N2O2S/c1-10-5-4-8-14(10)17(15,16)12-7-3-2-6-11(12)9-13/h2-3,6-7,10H,4-5,8-9,13H2,1H3. The van der Waals surface area contributed by atoms with E-state index in [9.17, 15) is 8.42 Å². The minimum absolute atomic E-state index is 0.0887. The van der Waals surface area contributed by atoms with Gasteiger partial charge >= 0.3 is 0 Å². The Morgan fingerprint density at radius 2 is 2.12 bits per heavy atom. The summed E-state index contributed by atoms with van der Waals surface area (Å²) in [6, 6.07) is 7.06. The second kappa shape index (κ2) is 4.76. The number of nitrogens with zero attached hydrogens (tertiary/aromatic N) is 1. The molecular weight excluding hydrogens is 236 g/mol. The molecule has 0 aromatic heterocycles. The molecule has 0 bridgehead atoms. The lowest BCUT2D eigenvalue weighted by atomic mass is 10.2. The average Bonchev–Trinajstić information content (AvgIpc) is 2.76. The van der Waals surface area contributed by atoms with Crippen LogP contribution in [0.1, 0.15) is 25.3 Å². The molecule has 94 valence electrons. The molecule has 0 saturated carbocycles. The number of nitrogens with two attached hydrogens (primary N) is 1. The molecule has 5 heteroatoms. The van der Waals surface area contributed by atoms with Gasteiger partial charge in [0.05, 0.1) is 4.90 Å². The van der Waals surface area contributed by atoms with Gasteiger partial charge in [-0.25, -0.2) is 8.42 Å². The maximum atomic E-state index is 12.5. The molecule has 1 aliphatic rings. The number of hydrogen-bond acceptors (Lipinski definition) is 3. The lowest BCUT2D eigenvalue weighted by molar-refractivity contribution is 0.408. The molecule has 0 spiro atoms. The van der Waals surface area contributed by atoms with Crippen LogP contribution in [0.15, 0.2) is 29.2 Å². The number of benzene rings is 1. The summed E-state index contributed by atoms with van der Waals surface area (Å²) < 4.78 is 26.6. The Bertz CT molecular complexity index is 499. The molecule has 1 aromatic rings. The molecule has 2 N–H and O–H groups in total. The molecule has 1 atom stereocenters. The van der Waals surface area contributed by atoms with Gasteiger partial charge in [-0.1, -0.05) is 18.2 Å². The molecule has 17 heavy (non-hydrogen) atoms. The van der Waals surface area contributed by atoms with E-state index in [2.05, 4.69) is 0 Å². The highest BCUT2D eigenvalue weighted by atomic mass is 32.2. The normalized spacial score (nSPS) is 21.9. The van der Waals surface area contributed by atoms with Gasteiger partial charge in [0.2, 0.25) is 10.0 Å². The van der Waals surface area contributed by atoms with Crippen LogP contribution in [0.3, 0.4) is 0 Å². The Morgan fingerprint density at radius 1 is 1.41 bits per heavy atom. The zero-order valence-electron chi connectivity index (χ0n) is 9.96. The van der Waals surface area contributed by atoms with Crippen LogP contribution in [0.5, 0.6) is 0 Å². The first-order valence-electron chi connectivity index (χ1n) is 5.87. The Morgan fingerprint density at radius 3 is 2.71 bits per heavy atom. The minimum atomic E-state index is -3.38. The van der Waals surface area contributed by atoms with Gasteiger partial charge < -0.3 is 5.73 Å². The molecule has 0 aliphatic carbocycles. The Hall–Kier alpha value is -0.910. The molecule has 1 saturated heterocycles. The Labute approximate surface area is 102 Å². The van der Waals surface area contributed by atoms with Gasteiger partial charge in [0.15, 0.2) is 0 Å². The van der Waals surface area contributed by atoms with E-state index in [4.69, 9.17) is 5.73 Å². The van der Waals surface area contributed by atoms with Gasteiger partial charge in [0.1, 0.15) is 0 Å². The largest absolute Gasteiger partial charge is 0.326 e. The first-order valence-corrected chi connectivity index (χ1v) is 7.31. The predicted octanol–water partition coefficient (Wildman–Crippen LogP) is 1.32. The molecule has 1 unspecified atom stereocenters. The fourth-order valence-electron chi connectivity index (χ4n) is 2.31. The van der Waals surface area contributed by atoms with Crippen molar-refractivity contribution in [1.82, 2.24) is 4.31 Å². The van der Waals surface area contributed by atoms with Gasteiger partial charge in [-0.3, -0.25) is 0 Å². The van der Waals surface area contributed by atoms with Crippen LogP contribution in [-0.4, -0.2) is 25.3 Å². The monoisotopic (exact) mass is 254 g/mol. The molecule has 1 aliphatic heterocycles. The number of hydrogen-bond donors (Lipinski definition) is 1. The Balaban J connectivity index is 2.44. The van der Waals surface area contributed by atoms with Crippen LogP contribution in [0.25, 0.3) is 0 Å². The van der Waals surface area contributed by atoms with Crippen LogP contribution < -0.4 is 5.73 Å². The van der Waals surface area contributed by atoms with Crippen molar-refractivity contribution < 1.29 is 8.42 Å². The van der Waals surface area contributed by atoms with Gasteiger partial charge in [-0.05, 0) is 31.4 Å². The smallest absolute Gasteiger partial charge is 0.243 e. The maximum Gasteiger partial charge on any atom is 0.243 e. The van der Waals surface area contributed by atoms with Crippen molar-refractivity contribution in [2.24, 2.45) is 5.73 Å². The van der Waals surface area contributed by atoms with Crippen LogP contribution in [0, 0.1) is 0 Å². The van der Waals surface area contributed by atoms with Crippen molar-refractivity contribution in [3.63, 3.8) is 0 Å². The number of rotatable bonds is 3. The molecule has 1 fully saturated rings. The van der Waals surface area contributed by atoms with Crippen molar-refractivity contribution in [2.45, 2.75) is 37.2 Å². The minimum Gasteiger partial charge on any atom is -0.326 e. The Kier molecular flexibility index (Phi) is 3.51. The summed E-state index contributed by atoms with van der Waals surface area (Å²) in [5, 5.41) is 0. The summed E-state index contributed by atoms with van der Waals surface area (Å²) in [6.07, 6.45) is 1.87. The highest BCUT2D eigenvalue weighted by molar-refractivity contribution is 7.89. The van der Waals surface area contributed by atoms with Crippen LogP contribution in [0.2, 0.25) is 0 Å². The summed E-state index contributed by atoms with van der Waals surface area (Å²) in [7, 11) is -3.38. The maximum absolute atomic E-state index is 12.5. The second-order valence-corrected chi connectivity index (χ2v) is 6.28. The number of sulfonamides is 1. The van der Waals surface area contributed by atoms with E-state index in [1.54, 1.807) is 22.5 Å². The van der Waals surface area contributed by atoms with Crippen LogP contribution >= 0.6 is 0 Å². The van der Waals surface area contributed by atoms with E-state index in [0.29, 0.717) is 17.0 Å². The third-order valence-corrected chi connectivity index (χ3v) is 5.39. The van der Waals surface area contributed by atoms with E-state index in [1.807, 2.05) is 13.0 Å². The fourth-order valence-corrected chi connectivity index (χ4v) is 4.25. The van der Waals surface area contributed by atoms with Gasteiger partial charge in [0.25, 0.3) is 0 Å². The van der Waals surface area contributed by atoms with Crippen molar-refractivity contribution in [3.05, 3.63) is 29.8 Å². The lowest BCUT2D eigenvalue weighted by Gasteiger charge is -2.22. The first-order chi connectivity index (χ1) is 8.07. The third-order valence-electron chi connectivity index (χ3n) is 3.27. The van der Waals surface area contributed by atoms with Crippen molar-refractivity contribution in [1.29, 1.82) is 0 Å². The van der Waals surface area contributed by atoms with E-state index in [1.165, 1.54) is 0 Å². The summed E-state index contributed by atoms with van der Waals surface area (Å²) in [5.41, 5.74) is 6.28. The van der Waals surface area contributed by atoms with Crippen LogP contribution in [-0.2, 0) is 16.6 Å². The topological polar surface area (TPSA) is 63.4 Å². The van der Waals surface area contributed by atoms with E-state index in [-0.39, 0.29) is 12.6 Å². The first kappa shape index (κ1) is 12.5. The molecule has 0 radical (unpaired) electrons.